The van der Waals surface area contributed by atoms with Crippen LogP contribution in [0.25, 0.3) is 0 Å². The van der Waals surface area contributed by atoms with Crippen LogP contribution in [0, 0.1) is 10.1 Å². The second kappa shape index (κ2) is 5.25. The second-order valence-electron chi connectivity index (χ2n) is 3.89. The lowest BCUT2D eigenvalue weighted by molar-refractivity contribution is -0.402. The molecule has 0 saturated carbocycles. The van der Waals surface area contributed by atoms with Gasteiger partial charge in [-0.05, 0) is 18.2 Å². The van der Waals surface area contributed by atoms with E-state index in [2.05, 4.69) is 4.42 Å². The lowest BCUT2D eigenvalue weighted by Gasteiger charge is -2.01. The van der Waals surface area contributed by atoms with Crippen LogP contribution in [0.4, 0.5) is 5.88 Å². The van der Waals surface area contributed by atoms with E-state index >= 15 is 0 Å². The van der Waals surface area contributed by atoms with Crippen molar-refractivity contribution in [2.24, 2.45) is 0 Å². The first kappa shape index (κ1) is 13.9. The van der Waals surface area contributed by atoms with E-state index in [0.29, 0.717) is 0 Å². The molecular formula is C12H9NO6S. The summed E-state index contributed by atoms with van der Waals surface area (Å²) in [5, 5.41) is 10.4. The number of benzene rings is 1. The monoisotopic (exact) mass is 295 g/mol. The van der Waals surface area contributed by atoms with Gasteiger partial charge in [-0.25, -0.2) is 8.42 Å². The highest BCUT2D eigenvalue weighted by atomic mass is 32.2. The first-order valence-electron chi connectivity index (χ1n) is 5.45. The molecule has 0 aliphatic heterocycles. The average Bonchev–Trinajstić information content (AvgIpc) is 2.89. The number of carbonyl (C=O) groups is 1. The molecule has 0 aliphatic rings. The number of Topliss-reactive ketones (excluding diaryl/α,β-unsaturated/α-hetero) is 1. The first-order chi connectivity index (χ1) is 9.40. The summed E-state index contributed by atoms with van der Waals surface area (Å²) in [6.07, 6.45) is 0. The maximum Gasteiger partial charge on any atom is 0.433 e. The van der Waals surface area contributed by atoms with Crippen LogP contribution in [-0.4, -0.2) is 24.9 Å². The summed E-state index contributed by atoms with van der Waals surface area (Å²) < 4.78 is 28.6. The van der Waals surface area contributed by atoms with Gasteiger partial charge in [0.15, 0.2) is 15.6 Å². The second-order valence-corrected chi connectivity index (χ2v) is 5.88. The maximum atomic E-state index is 12.0. The third kappa shape index (κ3) is 2.91. The molecule has 0 aliphatic carbocycles. The van der Waals surface area contributed by atoms with Gasteiger partial charge in [-0.3, -0.25) is 14.9 Å². The van der Waals surface area contributed by atoms with Crippen molar-refractivity contribution in [3.05, 3.63) is 58.3 Å². The highest BCUT2D eigenvalue weighted by Gasteiger charge is 2.24. The molecule has 0 fully saturated rings. The number of nitrogens with zero attached hydrogens (tertiary/aromatic N) is 1. The minimum absolute atomic E-state index is 0.00871. The van der Waals surface area contributed by atoms with E-state index in [4.69, 9.17) is 0 Å². The van der Waals surface area contributed by atoms with E-state index in [-0.39, 0.29) is 10.7 Å². The van der Waals surface area contributed by atoms with E-state index in [9.17, 15) is 23.3 Å². The minimum Gasteiger partial charge on any atom is -0.397 e. The number of carbonyl (C=O) groups excluding carboxylic acids is 1. The standard InChI is InChI=1S/C12H9NO6S/c14-10(11-6-7-12(19-11)13(15)16)8-20(17,18)9-4-2-1-3-5-9/h1-7H,8H2. The van der Waals surface area contributed by atoms with Gasteiger partial charge in [0.1, 0.15) is 10.7 Å². The molecule has 2 rings (SSSR count). The highest BCUT2D eigenvalue weighted by molar-refractivity contribution is 7.92. The largest absolute Gasteiger partial charge is 0.433 e. The van der Waals surface area contributed by atoms with Crippen molar-refractivity contribution in [2.45, 2.75) is 4.90 Å². The minimum atomic E-state index is -3.80. The van der Waals surface area contributed by atoms with E-state index < -0.39 is 32.2 Å². The highest BCUT2D eigenvalue weighted by Crippen LogP contribution is 2.18. The quantitative estimate of drug-likeness (QED) is 0.473. The Hall–Kier alpha value is -2.48. The molecular weight excluding hydrogens is 286 g/mol. The van der Waals surface area contributed by atoms with E-state index in [1.54, 1.807) is 6.07 Å². The predicted octanol–water partition coefficient (Wildman–Crippen LogP) is 1.84. The molecule has 0 amide bonds. The number of furan rings is 1. The van der Waals surface area contributed by atoms with Crippen LogP contribution >= 0.6 is 0 Å². The van der Waals surface area contributed by atoms with Crippen molar-refractivity contribution in [3.8, 4) is 0 Å². The normalized spacial score (nSPS) is 11.2. The van der Waals surface area contributed by atoms with Crippen LogP contribution in [-0.2, 0) is 9.84 Å². The van der Waals surface area contributed by atoms with Crippen LogP contribution in [0.1, 0.15) is 10.6 Å². The van der Waals surface area contributed by atoms with Crippen molar-refractivity contribution in [3.63, 3.8) is 0 Å². The molecule has 0 radical (unpaired) electrons. The molecule has 1 heterocycles. The number of hydrogen-bond donors (Lipinski definition) is 0. The molecule has 0 atom stereocenters. The number of ketones is 1. The third-order valence-electron chi connectivity index (χ3n) is 2.47. The van der Waals surface area contributed by atoms with Gasteiger partial charge < -0.3 is 4.42 Å². The summed E-state index contributed by atoms with van der Waals surface area (Å²) in [7, 11) is -3.80. The topological polar surface area (TPSA) is 107 Å². The lowest BCUT2D eigenvalue weighted by Crippen LogP contribution is -2.15. The molecule has 7 nitrogen and oxygen atoms in total. The molecule has 20 heavy (non-hydrogen) atoms. The van der Waals surface area contributed by atoms with Gasteiger partial charge in [0.05, 0.1) is 11.0 Å². The maximum absolute atomic E-state index is 12.0. The number of sulfone groups is 1. The molecule has 0 spiro atoms. The van der Waals surface area contributed by atoms with Crippen LogP contribution in [0.3, 0.4) is 0 Å². The first-order valence-corrected chi connectivity index (χ1v) is 7.10. The summed E-state index contributed by atoms with van der Waals surface area (Å²) in [5.74, 6) is -2.59. The van der Waals surface area contributed by atoms with Gasteiger partial charge in [-0.2, -0.15) is 0 Å². The molecule has 0 saturated heterocycles. The predicted molar refractivity (Wildman–Crippen MR) is 68.2 cm³/mol. The number of hydrogen-bond acceptors (Lipinski definition) is 6. The molecule has 8 heteroatoms. The summed E-state index contributed by atoms with van der Waals surface area (Å²) in [5.41, 5.74) is 0. The number of nitro groups is 1. The summed E-state index contributed by atoms with van der Waals surface area (Å²) in [4.78, 5) is 21.4. The Morgan fingerprint density at radius 3 is 2.35 bits per heavy atom. The average molecular weight is 295 g/mol. The Bertz CT molecular complexity index is 747. The van der Waals surface area contributed by atoms with Crippen LogP contribution in [0.5, 0.6) is 0 Å². The van der Waals surface area contributed by atoms with Gasteiger partial charge in [-0.15, -0.1) is 0 Å². The summed E-state index contributed by atoms with van der Waals surface area (Å²) >= 11 is 0. The van der Waals surface area contributed by atoms with Crippen LogP contribution in [0.15, 0.2) is 51.8 Å². The molecule has 0 N–H and O–H groups in total. The molecule has 2 aromatic rings. The van der Waals surface area contributed by atoms with Gasteiger partial charge in [0.25, 0.3) is 0 Å². The van der Waals surface area contributed by atoms with Crippen molar-refractivity contribution < 1.29 is 22.6 Å². The Labute approximate surface area is 113 Å². The van der Waals surface area contributed by atoms with Crippen molar-refractivity contribution in [1.29, 1.82) is 0 Å². The Morgan fingerprint density at radius 1 is 1.15 bits per heavy atom. The smallest absolute Gasteiger partial charge is 0.397 e. The molecule has 0 bridgehead atoms. The van der Waals surface area contributed by atoms with Crippen molar-refractivity contribution in [1.82, 2.24) is 0 Å². The summed E-state index contributed by atoms with van der Waals surface area (Å²) in [6.45, 7) is 0. The molecule has 104 valence electrons. The van der Waals surface area contributed by atoms with Crippen LogP contribution in [0.2, 0.25) is 0 Å². The third-order valence-corrected chi connectivity index (χ3v) is 4.10. The number of rotatable bonds is 5. The van der Waals surface area contributed by atoms with Gasteiger partial charge in [0, 0.05) is 0 Å². The molecule has 1 aromatic carbocycles. The zero-order chi connectivity index (χ0) is 14.8. The van der Waals surface area contributed by atoms with E-state index in [1.165, 1.54) is 24.3 Å². The Balaban J connectivity index is 2.21. The Morgan fingerprint density at radius 2 is 1.80 bits per heavy atom. The Kier molecular flexibility index (Phi) is 3.66. The molecule has 1 aromatic heterocycles. The fourth-order valence-corrected chi connectivity index (χ4v) is 2.76. The van der Waals surface area contributed by atoms with Crippen molar-refractivity contribution >= 4 is 21.5 Å². The van der Waals surface area contributed by atoms with Gasteiger partial charge >= 0.3 is 5.88 Å². The zero-order valence-corrected chi connectivity index (χ0v) is 10.9. The zero-order valence-electron chi connectivity index (χ0n) is 10.1. The molecule has 0 unspecified atom stereocenters. The van der Waals surface area contributed by atoms with Gasteiger partial charge in [-0.1, -0.05) is 18.2 Å². The fraction of sp³-hybridized carbons (Fsp3) is 0.0833. The fourth-order valence-electron chi connectivity index (χ4n) is 1.53. The van der Waals surface area contributed by atoms with Gasteiger partial charge in [0.2, 0.25) is 5.78 Å². The van der Waals surface area contributed by atoms with Crippen molar-refractivity contribution in [2.75, 3.05) is 5.75 Å². The summed E-state index contributed by atoms with van der Waals surface area (Å²) in [6, 6.07) is 9.55. The van der Waals surface area contributed by atoms with E-state index in [0.717, 1.165) is 12.1 Å². The van der Waals surface area contributed by atoms with Crippen LogP contribution < -0.4 is 0 Å². The SMILES string of the molecule is O=C(CS(=O)(=O)c1ccccc1)c1ccc([N+](=O)[O-])o1. The van der Waals surface area contributed by atoms with E-state index in [1.807, 2.05) is 0 Å². The lowest BCUT2D eigenvalue weighted by atomic mass is 10.3.